The van der Waals surface area contributed by atoms with E-state index in [4.69, 9.17) is 0 Å². The lowest BCUT2D eigenvalue weighted by atomic mass is 10.1. The van der Waals surface area contributed by atoms with Gasteiger partial charge in [-0.15, -0.1) is 0 Å². The second-order valence-corrected chi connectivity index (χ2v) is 4.20. The van der Waals surface area contributed by atoms with Crippen LogP contribution in [0.15, 0.2) is 18.3 Å². The Labute approximate surface area is 99.6 Å². The fourth-order valence-electron chi connectivity index (χ4n) is 1.77. The van der Waals surface area contributed by atoms with Crippen molar-refractivity contribution in [3.05, 3.63) is 29.6 Å². The molecule has 1 aliphatic rings. The Morgan fingerprint density at radius 2 is 2.29 bits per heavy atom. The van der Waals surface area contributed by atoms with Gasteiger partial charge in [-0.25, -0.2) is 0 Å². The number of imide groups is 1. The maximum Gasteiger partial charge on any atom is 0.259 e. The van der Waals surface area contributed by atoms with Gasteiger partial charge in [0.1, 0.15) is 0 Å². The molecule has 0 spiro atoms. The number of aromatic nitrogens is 1. The first-order chi connectivity index (χ1) is 8.16. The minimum absolute atomic E-state index is 0.0997. The third kappa shape index (κ3) is 2.88. The van der Waals surface area contributed by atoms with E-state index >= 15 is 0 Å². The van der Waals surface area contributed by atoms with E-state index in [1.54, 1.807) is 12.1 Å². The second kappa shape index (κ2) is 5.05. The highest BCUT2D eigenvalue weighted by molar-refractivity contribution is 6.05. The molecule has 2 rings (SSSR count). The van der Waals surface area contributed by atoms with E-state index in [0.717, 1.165) is 18.7 Å². The zero-order chi connectivity index (χ0) is 12.3. The number of hydrogen-bond acceptors (Lipinski definition) is 4. The topological polar surface area (TPSA) is 71.1 Å². The molecule has 0 saturated carbocycles. The van der Waals surface area contributed by atoms with Crippen molar-refractivity contribution >= 4 is 11.8 Å². The molecule has 2 heterocycles. The van der Waals surface area contributed by atoms with E-state index in [1.165, 1.54) is 6.20 Å². The summed E-state index contributed by atoms with van der Waals surface area (Å²) in [6, 6.07) is 3.41. The number of carbonyl (C=O) groups is 2. The van der Waals surface area contributed by atoms with Crippen molar-refractivity contribution in [1.82, 2.24) is 15.6 Å². The van der Waals surface area contributed by atoms with Gasteiger partial charge in [0.25, 0.3) is 5.91 Å². The van der Waals surface area contributed by atoms with Crippen molar-refractivity contribution in [3.63, 3.8) is 0 Å². The number of amides is 2. The predicted molar refractivity (Wildman–Crippen MR) is 62.4 cm³/mol. The lowest BCUT2D eigenvalue weighted by molar-refractivity contribution is -0.123. The Balaban J connectivity index is 1.96. The third-order valence-electron chi connectivity index (χ3n) is 2.84. The molecule has 5 heteroatoms. The van der Waals surface area contributed by atoms with Crippen molar-refractivity contribution in [2.75, 3.05) is 13.1 Å². The summed E-state index contributed by atoms with van der Waals surface area (Å²) in [5.41, 5.74) is 1.25. The molecule has 1 aromatic rings. The van der Waals surface area contributed by atoms with Crippen LogP contribution in [0.1, 0.15) is 22.5 Å². The highest BCUT2D eigenvalue weighted by Crippen LogP contribution is 2.07. The number of rotatable bonds is 2. The number of nitrogens with one attached hydrogen (secondary N) is 2. The molecule has 0 radical (unpaired) electrons. The highest BCUT2D eigenvalue weighted by atomic mass is 16.2. The second-order valence-electron chi connectivity index (χ2n) is 4.20. The van der Waals surface area contributed by atoms with Crippen molar-refractivity contribution in [3.8, 4) is 0 Å². The summed E-state index contributed by atoms with van der Waals surface area (Å²) in [5, 5.41) is 5.49. The minimum Gasteiger partial charge on any atom is -0.316 e. The molecule has 5 nitrogen and oxygen atoms in total. The van der Waals surface area contributed by atoms with Gasteiger partial charge in [-0.3, -0.25) is 19.9 Å². The van der Waals surface area contributed by atoms with E-state index in [0.29, 0.717) is 12.1 Å². The van der Waals surface area contributed by atoms with Gasteiger partial charge < -0.3 is 5.32 Å². The molecule has 17 heavy (non-hydrogen) atoms. The summed E-state index contributed by atoms with van der Waals surface area (Å²) < 4.78 is 0. The first-order valence-electron chi connectivity index (χ1n) is 5.65. The molecule has 0 aromatic carbocycles. The number of pyridine rings is 1. The number of nitrogens with zero attached hydrogens (tertiary/aromatic N) is 1. The molecule has 0 aliphatic carbocycles. The molecule has 1 aromatic heterocycles. The van der Waals surface area contributed by atoms with E-state index in [-0.39, 0.29) is 17.7 Å². The molecule has 2 amide bonds. The number of hydrogen-bond donors (Lipinski definition) is 2. The lowest BCUT2D eigenvalue weighted by Crippen LogP contribution is -2.36. The smallest absolute Gasteiger partial charge is 0.259 e. The van der Waals surface area contributed by atoms with Crippen molar-refractivity contribution < 1.29 is 9.59 Å². The molecule has 1 saturated heterocycles. The number of carbonyl (C=O) groups excluding carboxylic acids is 2. The maximum atomic E-state index is 11.7. The molecule has 1 atom stereocenters. The van der Waals surface area contributed by atoms with E-state index in [1.807, 2.05) is 6.92 Å². The van der Waals surface area contributed by atoms with Gasteiger partial charge in [0.15, 0.2) is 0 Å². The Hall–Kier alpha value is -1.75. The SMILES string of the molecule is Cc1ccc(C(=O)NC(=O)[C@@H]2CCNC2)cn1. The summed E-state index contributed by atoms with van der Waals surface area (Å²) in [5.74, 6) is -0.688. The van der Waals surface area contributed by atoms with Crippen LogP contribution in [0, 0.1) is 12.8 Å². The Bertz CT molecular complexity index is 422. The van der Waals surface area contributed by atoms with Crippen LogP contribution >= 0.6 is 0 Å². The third-order valence-corrected chi connectivity index (χ3v) is 2.84. The zero-order valence-electron chi connectivity index (χ0n) is 9.69. The van der Waals surface area contributed by atoms with Crippen molar-refractivity contribution in [2.45, 2.75) is 13.3 Å². The van der Waals surface area contributed by atoms with Crippen LogP contribution in [-0.4, -0.2) is 29.9 Å². The van der Waals surface area contributed by atoms with E-state index in [9.17, 15) is 9.59 Å². The fourth-order valence-corrected chi connectivity index (χ4v) is 1.77. The molecule has 0 unspecified atom stereocenters. The highest BCUT2D eigenvalue weighted by Gasteiger charge is 2.24. The van der Waals surface area contributed by atoms with Gasteiger partial charge in [0, 0.05) is 18.4 Å². The quantitative estimate of drug-likeness (QED) is 0.719. The standard InChI is InChI=1S/C12H15N3O2/c1-8-2-3-9(7-14-8)11(16)15-12(17)10-4-5-13-6-10/h2-3,7,10,13H,4-6H2,1H3,(H,15,16,17)/t10-/m1/s1. The van der Waals surface area contributed by atoms with Gasteiger partial charge in [-0.1, -0.05) is 0 Å². The molecular weight excluding hydrogens is 218 g/mol. The average molecular weight is 233 g/mol. The van der Waals surface area contributed by atoms with Gasteiger partial charge >= 0.3 is 0 Å². The van der Waals surface area contributed by atoms with E-state index in [2.05, 4.69) is 15.6 Å². The Morgan fingerprint density at radius 3 is 2.88 bits per heavy atom. The van der Waals surface area contributed by atoms with E-state index < -0.39 is 0 Å². The summed E-state index contributed by atoms with van der Waals surface area (Å²) in [7, 11) is 0. The maximum absolute atomic E-state index is 11.7. The minimum atomic E-state index is -0.380. The van der Waals surface area contributed by atoms with Crippen molar-refractivity contribution in [1.29, 1.82) is 0 Å². The fraction of sp³-hybridized carbons (Fsp3) is 0.417. The first kappa shape index (κ1) is 11.7. The molecule has 90 valence electrons. The van der Waals surface area contributed by atoms with Crippen LogP contribution in [0.4, 0.5) is 0 Å². The predicted octanol–water partition coefficient (Wildman–Crippen LogP) is 0.256. The van der Waals surface area contributed by atoms with Gasteiger partial charge in [0.2, 0.25) is 5.91 Å². The first-order valence-corrected chi connectivity index (χ1v) is 5.65. The average Bonchev–Trinajstić information content (AvgIpc) is 2.83. The van der Waals surface area contributed by atoms with Crippen LogP contribution in [-0.2, 0) is 4.79 Å². The van der Waals surface area contributed by atoms with Gasteiger partial charge in [0.05, 0.1) is 11.5 Å². The van der Waals surface area contributed by atoms with Crippen LogP contribution in [0.5, 0.6) is 0 Å². The van der Waals surface area contributed by atoms with Crippen LogP contribution in [0.25, 0.3) is 0 Å². The van der Waals surface area contributed by atoms with Crippen LogP contribution in [0.3, 0.4) is 0 Å². The van der Waals surface area contributed by atoms with Crippen LogP contribution < -0.4 is 10.6 Å². The molecule has 0 bridgehead atoms. The van der Waals surface area contributed by atoms with Gasteiger partial charge in [-0.2, -0.15) is 0 Å². The Kier molecular flexibility index (Phi) is 3.49. The Morgan fingerprint density at radius 1 is 1.47 bits per heavy atom. The summed E-state index contributed by atoms with van der Waals surface area (Å²) in [6.07, 6.45) is 2.26. The largest absolute Gasteiger partial charge is 0.316 e. The number of aryl methyl sites for hydroxylation is 1. The lowest BCUT2D eigenvalue weighted by Gasteiger charge is -2.08. The normalized spacial score (nSPS) is 19.0. The molecule has 1 aliphatic heterocycles. The monoisotopic (exact) mass is 233 g/mol. The molecular formula is C12H15N3O2. The summed E-state index contributed by atoms with van der Waals surface area (Å²) >= 11 is 0. The summed E-state index contributed by atoms with van der Waals surface area (Å²) in [4.78, 5) is 27.5. The van der Waals surface area contributed by atoms with Crippen LogP contribution in [0.2, 0.25) is 0 Å². The van der Waals surface area contributed by atoms with Crippen molar-refractivity contribution in [2.24, 2.45) is 5.92 Å². The summed E-state index contributed by atoms with van der Waals surface area (Å²) in [6.45, 7) is 3.32. The molecule has 1 fully saturated rings. The zero-order valence-corrected chi connectivity index (χ0v) is 9.69. The van der Waals surface area contributed by atoms with Gasteiger partial charge in [-0.05, 0) is 32.0 Å². The molecule has 2 N–H and O–H groups in total.